The molecule has 0 unspecified atom stereocenters. The molecule has 1 aliphatic carbocycles. The smallest absolute Gasteiger partial charge is 0.254 e. The van der Waals surface area contributed by atoms with Crippen molar-refractivity contribution in [1.29, 1.82) is 0 Å². The Balaban J connectivity index is 1.19. The molecule has 1 N–H and O–H groups in total. The van der Waals surface area contributed by atoms with Gasteiger partial charge in [0, 0.05) is 17.5 Å². The number of hydrogen-bond acceptors (Lipinski definition) is 2. The van der Waals surface area contributed by atoms with Crippen LogP contribution in [0.15, 0.2) is 36.4 Å². The Bertz CT molecular complexity index is 884. The summed E-state index contributed by atoms with van der Waals surface area (Å²) >= 11 is 0. The van der Waals surface area contributed by atoms with Gasteiger partial charge >= 0.3 is 0 Å². The number of hydrogen-bond donors (Lipinski definition) is 1. The lowest BCUT2D eigenvalue weighted by atomic mass is 9.90. The van der Waals surface area contributed by atoms with E-state index >= 15 is 0 Å². The molecule has 3 aliphatic rings. The fourth-order valence-corrected chi connectivity index (χ4v) is 4.89. The van der Waals surface area contributed by atoms with Crippen LogP contribution < -0.4 is 9.64 Å². The fraction of sp³-hybridized carbons (Fsp3) is 0.458. The number of rotatable bonds is 3. The predicted octanol–water partition coefficient (Wildman–Crippen LogP) is 2.04. The van der Waals surface area contributed by atoms with Crippen LogP contribution in [0.5, 0.6) is 5.75 Å². The van der Waals surface area contributed by atoms with E-state index < -0.39 is 0 Å². The van der Waals surface area contributed by atoms with E-state index in [-0.39, 0.29) is 5.91 Å². The molecule has 4 heteroatoms. The predicted molar refractivity (Wildman–Crippen MR) is 109 cm³/mol. The molecule has 1 amide bonds. The van der Waals surface area contributed by atoms with Crippen molar-refractivity contribution in [3.8, 4) is 5.75 Å². The van der Waals surface area contributed by atoms with Gasteiger partial charge in [-0.3, -0.25) is 4.79 Å². The SMILES string of the molecule is O=C(c1ccc2c(c1)CCCC2)N1CC[NH+](Cc2ccc3c(c2)CCO3)CC1. The molecule has 2 aromatic carbocycles. The first-order valence-electron chi connectivity index (χ1n) is 10.8. The number of fused-ring (bicyclic) bond motifs is 2. The van der Waals surface area contributed by atoms with Crippen LogP contribution in [0.1, 0.15) is 45.5 Å². The summed E-state index contributed by atoms with van der Waals surface area (Å²) < 4.78 is 5.61. The summed E-state index contributed by atoms with van der Waals surface area (Å²) in [4.78, 5) is 16.6. The average Bonchev–Trinajstić information content (AvgIpc) is 3.21. The molecule has 2 aliphatic heterocycles. The summed E-state index contributed by atoms with van der Waals surface area (Å²) in [6.07, 6.45) is 5.85. The number of nitrogens with zero attached hydrogens (tertiary/aromatic N) is 1. The Hall–Kier alpha value is -2.33. The molecule has 2 aromatic rings. The van der Waals surface area contributed by atoms with Crippen LogP contribution in [0.25, 0.3) is 0 Å². The average molecular weight is 378 g/mol. The third kappa shape index (κ3) is 3.53. The van der Waals surface area contributed by atoms with Gasteiger partial charge in [-0.2, -0.15) is 0 Å². The van der Waals surface area contributed by atoms with E-state index in [4.69, 9.17) is 4.74 Å². The number of carbonyl (C=O) groups excluding carboxylic acids is 1. The number of aryl methyl sites for hydroxylation is 2. The molecule has 0 saturated carbocycles. The molecule has 1 saturated heterocycles. The maximum atomic E-state index is 13.0. The highest BCUT2D eigenvalue weighted by Gasteiger charge is 2.25. The molecule has 0 bridgehead atoms. The number of quaternary nitrogens is 1. The van der Waals surface area contributed by atoms with Gasteiger partial charge < -0.3 is 14.5 Å². The van der Waals surface area contributed by atoms with Crippen molar-refractivity contribution in [3.05, 3.63) is 64.2 Å². The number of piperazine rings is 1. The third-order valence-electron chi connectivity index (χ3n) is 6.56. The van der Waals surface area contributed by atoms with Gasteiger partial charge in [0.15, 0.2) is 0 Å². The van der Waals surface area contributed by atoms with Gasteiger partial charge in [-0.1, -0.05) is 6.07 Å². The zero-order chi connectivity index (χ0) is 18.9. The number of carbonyl (C=O) groups is 1. The molecule has 0 aromatic heterocycles. The molecule has 2 heterocycles. The summed E-state index contributed by atoms with van der Waals surface area (Å²) in [6.45, 7) is 5.58. The maximum Gasteiger partial charge on any atom is 0.254 e. The minimum Gasteiger partial charge on any atom is -0.493 e. The van der Waals surface area contributed by atoms with E-state index in [1.165, 1.54) is 41.5 Å². The number of amides is 1. The summed E-state index contributed by atoms with van der Waals surface area (Å²) in [6, 6.07) is 13.0. The van der Waals surface area contributed by atoms with Crippen LogP contribution in [-0.2, 0) is 25.8 Å². The minimum absolute atomic E-state index is 0.210. The molecular weight excluding hydrogens is 348 g/mol. The molecule has 0 atom stereocenters. The summed E-state index contributed by atoms with van der Waals surface area (Å²) in [5.41, 5.74) is 6.44. The van der Waals surface area contributed by atoms with Crippen LogP contribution in [-0.4, -0.2) is 43.6 Å². The molecule has 0 radical (unpaired) electrons. The van der Waals surface area contributed by atoms with Crippen molar-refractivity contribution in [1.82, 2.24) is 4.90 Å². The number of ether oxygens (including phenoxy) is 1. The van der Waals surface area contributed by atoms with Gasteiger partial charge in [0.2, 0.25) is 0 Å². The van der Waals surface area contributed by atoms with Crippen LogP contribution >= 0.6 is 0 Å². The minimum atomic E-state index is 0.210. The second-order valence-corrected chi connectivity index (χ2v) is 8.45. The van der Waals surface area contributed by atoms with Gasteiger partial charge in [-0.25, -0.2) is 0 Å². The Morgan fingerprint density at radius 2 is 1.75 bits per heavy atom. The summed E-state index contributed by atoms with van der Waals surface area (Å²) in [7, 11) is 0. The van der Waals surface area contributed by atoms with Gasteiger partial charge in [-0.05, 0) is 72.7 Å². The lowest BCUT2D eigenvalue weighted by Crippen LogP contribution is -3.13. The molecule has 4 nitrogen and oxygen atoms in total. The summed E-state index contributed by atoms with van der Waals surface area (Å²) in [5, 5.41) is 0. The van der Waals surface area contributed by atoms with Gasteiger partial charge in [0.1, 0.15) is 12.3 Å². The maximum absolute atomic E-state index is 13.0. The zero-order valence-electron chi connectivity index (χ0n) is 16.5. The van der Waals surface area contributed by atoms with Crippen LogP contribution in [0.3, 0.4) is 0 Å². The van der Waals surface area contributed by atoms with E-state index in [1.54, 1.807) is 4.90 Å². The van der Waals surface area contributed by atoms with Crippen molar-refractivity contribution < 1.29 is 14.4 Å². The van der Waals surface area contributed by atoms with Crippen LogP contribution in [0.4, 0.5) is 0 Å². The van der Waals surface area contributed by atoms with Crippen LogP contribution in [0.2, 0.25) is 0 Å². The van der Waals surface area contributed by atoms with Gasteiger partial charge in [-0.15, -0.1) is 0 Å². The van der Waals surface area contributed by atoms with Crippen LogP contribution in [0, 0.1) is 0 Å². The lowest BCUT2D eigenvalue weighted by Gasteiger charge is -2.32. The summed E-state index contributed by atoms with van der Waals surface area (Å²) in [5.74, 6) is 1.27. The van der Waals surface area contributed by atoms with E-state index in [0.717, 1.165) is 63.5 Å². The standard InChI is InChI=1S/C24H28N2O2/c27-24(22-7-6-19-3-1-2-4-20(19)16-22)26-12-10-25(11-13-26)17-18-5-8-23-21(15-18)9-14-28-23/h5-8,15-16H,1-4,9-14,17H2/p+1. The van der Waals surface area contributed by atoms with Crippen molar-refractivity contribution in [2.24, 2.45) is 0 Å². The number of benzene rings is 2. The monoisotopic (exact) mass is 377 g/mol. The second-order valence-electron chi connectivity index (χ2n) is 8.45. The Morgan fingerprint density at radius 3 is 2.61 bits per heavy atom. The molecule has 28 heavy (non-hydrogen) atoms. The lowest BCUT2D eigenvalue weighted by molar-refractivity contribution is -0.917. The zero-order valence-corrected chi connectivity index (χ0v) is 16.5. The van der Waals surface area contributed by atoms with E-state index in [9.17, 15) is 4.79 Å². The Kier molecular flexibility index (Phi) is 4.81. The second kappa shape index (κ2) is 7.59. The molecule has 5 rings (SSSR count). The topological polar surface area (TPSA) is 34.0 Å². The third-order valence-corrected chi connectivity index (χ3v) is 6.56. The van der Waals surface area contributed by atoms with Gasteiger partial charge in [0.25, 0.3) is 5.91 Å². The quantitative estimate of drug-likeness (QED) is 0.888. The van der Waals surface area contributed by atoms with Crippen molar-refractivity contribution in [2.75, 3.05) is 32.8 Å². The normalized spacial score (nSPS) is 19.1. The highest BCUT2D eigenvalue weighted by atomic mass is 16.5. The molecule has 146 valence electrons. The Labute approximate surface area is 167 Å². The van der Waals surface area contributed by atoms with E-state index in [1.807, 2.05) is 11.0 Å². The molecular formula is C24H29N2O2+. The Morgan fingerprint density at radius 1 is 0.929 bits per heavy atom. The van der Waals surface area contributed by atoms with Crippen molar-refractivity contribution >= 4 is 5.91 Å². The fourth-order valence-electron chi connectivity index (χ4n) is 4.89. The van der Waals surface area contributed by atoms with Crippen molar-refractivity contribution in [3.63, 3.8) is 0 Å². The first kappa shape index (κ1) is 17.7. The van der Waals surface area contributed by atoms with Crippen molar-refractivity contribution in [2.45, 2.75) is 38.6 Å². The number of nitrogens with one attached hydrogen (secondary N) is 1. The van der Waals surface area contributed by atoms with E-state index in [0.29, 0.717) is 0 Å². The van der Waals surface area contributed by atoms with Gasteiger partial charge in [0.05, 0.1) is 32.8 Å². The highest BCUT2D eigenvalue weighted by Crippen LogP contribution is 2.26. The first-order valence-corrected chi connectivity index (χ1v) is 10.8. The first-order chi connectivity index (χ1) is 13.8. The molecule has 1 fully saturated rings. The molecule has 0 spiro atoms. The largest absolute Gasteiger partial charge is 0.493 e. The van der Waals surface area contributed by atoms with E-state index in [2.05, 4.69) is 30.3 Å². The highest BCUT2D eigenvalue weighted by molar-refractivity contribution is 5.94.